The Morgan fingerprint density at radius 1 is 1.56 bits per heavy atom. The minimum absolute atomic E-state index is 0.319. The van der Waals surface area contributed by atoms with Crippen LogP contribution in [-0.4, -0.2) is 22.9 Å². The zero-order chi connectivity index (χ0) is 12.8. The lowest BCUT2D eigenvalue weighted by Crippen LogP contribution is -2.23. The van der Waals surface area contributed by atoms with Crippen molar-refractivity contribution in [1.29, 1.82) is 0 Å². The molecule has 0 fully saturated rings. The summed E-state index contributed by atoms with van der Waals surface area (Å²) in [6.45, 7) is 6.61. The van der Waals surface area contributed by atoms with Gasteiger partial charge in [-0.25, -0.2) is 0 Å². The van der Waals surface area contributed by atoms with Crippen molar-refractivity contribution in [3.63, 3.8) is 0 Å². The van der Waals surface area contributed by atoms with Crippen LogP contribution in [0.1, 0.15) is 24.8 Å². The first kappa shape index (κ1) is 13.1. The average molecular weight is 265 g/mol. The molecule has 4 nitrogen and oxygen atoms in total. The van der Waals surface area contributed by atoms with E-state index >= 15 is 0 Å². The van der Waals surface area contributed by atoms with Gasteiger partial charge in [0.15, 0.2) is 5.75 Å². The predicted molar refractivity (Wildman–Crippen MR) is 74.1 cm³/mol. The molecule has 0 aliphatic rings. The third kappa shape index (κ3) is 3.58. The van der Waals surface area contributed by atoms with Crippen LogP contribution in [0.4, 0.5) is 0 Å². The van der Waals surface area contributed by atoms with Crippen LogP contribution in [0.15, 0.2) is 29.9 Å². The topological polar surface area (TPSA) is 39.1 Å². The number of nitrogens with one attached hydrogen (secondary N) is 1. The van der Waals surface area contributed by atoms with Gasteiger partial charge in [-0.2, -0.15) is 5.10 Å². The van der Waals surface area contributed by atoms with Crippen molar-refractivity contribution >= 4 is 11.3 Å². The minimum Gasteiger partial charge on any atom is -0.491 e. The first-order valence-corrected chi connectivity index (χ1v) is 7.07. The van der Waals surface area contributed by atoms with E-state index in [9.17, 15) is 0 Å². The highest BCUT2D eigenvalue weighted by Gasteiger charge is 2.06. The maximum atomic E-state index is 5.40. The molecule has 0 saturated heterocycles. The van der Waals surface area contributed by atoms with Gasteiger partial charge in [-0.1, -0.05) is 6.07 Å². The van der Waals surface area contributed by atoms with Gasteiger partial charge in [0, 0.05) is 18.0 Å². The summed E-state index contributed by atoms with van der Waals surface area (Å²) in [4.78, 5) is 1.36. The molecule has 0 aliphatic carbocycles. The van der Waals surface area contributed by atoms with E-state index in [2.05, 4.69) is 34.9 Å². The Morgan fingerprint density at radius 3 is 3.17 bits per heavy atom. The van der Waals surface area contributed by atoms with E-state index in [4.69, 9.17) is 4.74 Å². The molecular weight excluding hydrogens is 246 g/mol. The summed E-state index contributed by atoms with van der Waals surface area (Å²) in [7, 11) is 0. The van der Waals surface area contributed by atoms with Gasteiger partial charge >= 0.3 is 0 Å². The Kier molecular flexibility index (Phi) is 4.78. The van der Waals surface area contributed by atoms with Crippen molar-refractivity contribution in [2.45, 2.75) is 26.4 Å². The fourth-order valence-corrected chi connectivity index (χ4v) is 2.39. The lowest BCUT2D eigenvalue weighted by atomic mass is 10.3. The van der Waals surface area contributed by atoms with Gasteiger partial charge in [0.25, 0.3) is 0 Å². The standard InChI is InChI=1S/C13H19N3OS/c1-3-17-12-8-15-16(10-12)11(2)7-14-9-13-5-4-6-18-13/h4-6,8,10-11,14H,3,7,9H2,1-2H3. The molecule has 2 rings (SSSR count). The first-order valence-electron chi connectivity index (χ1n) is 6.19. The first-order chi connectivity index (χ1) is 8.79. The van der Waals surface area contributed by atoms with E-state index in [1.807, 2.05) is 17.8 Å². The molecule has 0 saturated carbocycles. The Hall–Kier alpha value is -1.33. The van der Waals surface area contributed by atoms with Crippen LogP contribution in [0.25, 0.3) is 0 Å². The Labute approximate surface area is 112 Å². The molecule has 0 bridgehead atoms. The SMILES string of the molecule is CCOc1cnn(C(C)CNCc2cccs2)c1. The number of thiophene rings is 1. The van der Waals surface area contributed by atoms with Crippen LogP contribution < -0.4 is 10.1 Å². The summed E-state index contributed by atoms with van der Waals surface area (Å²) in [5.41, 5.74) is 0. The van der Waals surface area contributed by atoms with E-state index in [-0.39, 0.29) is 0 Å². The maximum Gasteiger partial charge on any atom is 0.157 e. The Balaban J connectivity index is 1.78. The van der Waals surface area contributed by atoms with Crippen molar-refractivity contribution in [2.75, 3.05) is 13.2 Å². The largest absolute Gasteiger partial charge is 0.491 e. The second kappa shape index (κ2) is 6.56. The molecule has 18 heavy (non-hydrogen) atoms. The van der Waals surface area contributed by atoms with Crippen molar-refractivity contribution in [3.05, 3.63) is 34.8 Å². The third-order valence-corrected chi connectivity index (χ3v) is 3.54. The molecule has 5 heteroatoms. The Bertz CT molecular complexity index is 453. The fourth-order valence-electron chi connectivity index (χ4n) is 1.71. The number of rotatable bonds is 7. The smallest absolute Gasteiger partial charge is 0.157 e. The lowest BCUT2D eigenvalue weighted by molar-refractivity contribution is 0.338. The minimum atomic E-state index is 0.319. The number of aromatic nitrogens is 2. The van der Waals surface area contributed by atoms with Gasteiger partial charge < -0.3 is 10.1 Å². The van der Waals surface area contributed by atoms with Gasteiger partial charge in [-0.3, -0.25) is 4.68 Å². The summed E-state index contributed by atoms with van der Waals surface area (Å²) in [6, 6.07) is 4.54. The lowest BCUT2D eigenvalue weighted by Gasteiger charge is -2.12. The average Bonchev–Trinajstić information content (AvgIpc) is 3.00. The third-order valence-electron chi connectivity index (χ3n) is 2.66. The zero-order valence-corrected chi connectivity index (χ0v) is 11.6. The molecule has 2 aromatic heterocycles. The molecule has 1 unspecified atom stereocenters. The van der Waals surface area contributed by atoms with Crippen LogP contribution in [0, 0.1) is 0 Å². The normalized spacial score (nSPS) is 12.6. The summed E-state index contributed by atoms with van der Waals surface area (Å²) in [6.07, 6.45) is 3.71. The molecule has 2 aromatic rings. The van der Waals surface area contributed by atoms with Crippen LogP contribution in [0.5, 0.6) is 5.75 Å². The van der Waals surface area contributed by atoms with E-state index in [0.717, 1.165) is 18.8 Å². The highest BCUT2D eigenvalue weighted by atomic mass is 32.1. The van der Waals surface area contributed by atoms with E-state index in [0.29, 0.717) is 12.6 Å². The van der Waals surface area contributed by atoms with Crippen LogP contribution in [0.3, 0.4) is 0 Å². The van der Waals surface area contributed by atoms with Gasteiger partial charge in [0.2, 0.25) is 0 Å². The summed E-state index contributed by atoms with van der Waals surface area (Å²) < 4.78 is 7.33. The fraction of sp³-hybridized carbons (Fsp3) is 0.462. The van der Waals surface area contributed by atoms with Crippen LogP contribution >= 0.6 is 11.3 Å². The second-order valence-electron chi connectivity index (χ2n) is 4.15. The van der Waals surface area contributed by atoms with Crippen molar-refractivity contribution in [1.82, 2.24) is 15.1 Å². The van der Waals surface area contributed by atoms with Gasteiger partial charge in [-0.15, -0.1) is 11.3 Å². The van der Waals surface area contributed by atoms with Gasteiger partial charge in [-0.05, 0) is 25.3 Å². The van der Waals surface area contributed by atoms with Gasteiger partial charge in [0.1, 0.15) is 0 Å². The summed E-state index contributed by atoms with van der Waals surface area (Å²) in [5, 5.41) is 9.84. The van der Waals surface area contributed by atoms with Crippen LogP contribution in [-0.2, 0) is 6.54 Å². The molecule has 2 heterocycles. The number of ether oxygens (including phenoxy) is 1. The van der Waals surface area contributed by atoms with Crippen molar-refractivity contribution in [3.8, 4) is 5.75 Å². The molecule has 1 atom stereocenters. The summed E-state index contributed by atoms with van der Waals surface area (Å²) in [5.74, 6) is 0.836. The van der Waals surface area contributed by atoms with Crippen molar-refractivity contribution in [2.24, 2.45) is 0 Å². The highest BCUT2D eigenvalue weighted by molar-refractivity contribution is 7.09. The van der Waals surface area contributed by atoms with Crippen molar-refractivity contribution < 1.29 is 4.74 Å². The molecule has 1 N–H and O–H groups in total. The second-order valence-corrected chi connectivity index (χ2v) is 5.18. The van der Waals surface area contributed by atoms with Crippen LogP contribution in [0.2, 0.25) is 0 Å². The number of nitrogens with zero attached hydrogens (tertiary/aromatic N) is 2. The molecule has 0 amide bonds. The summed E-state index contributed by atoms with van der Waals surface area (Å²) >= 11 is 1.78. The van der Waals surface area contributed by atoms with E-state index in [1.165, 1.54) is 4.88 Å². The zero-order valence-electron chi connectivity index (χ0n) is 10.8. The quantitative estimate of drug-likeness (QED) is 0.836. The monoisotopic (exact) mass is 265 g/mol. The maximum absolute atomic E-state index is 5.40. The molecule has 0 aliphatic heterocycles. The molecule has 0 radical (unpaired) electrons. The molecule has 98 valence electrons. The molecular formula is C13H19N3OS. The van der Waals surface area contributed by atoms with E-state index in [1.54, 1.807) is 17.5 Å². The van der Waals surface area contributed by atoms with E-state index < -0.39 is 0 Å². The van der Waals surface area contributed by atoms with Gasteiger partial charge in [0.05, 0.1) is 25.0 Å². The molecule has 0 spiro atoms. The molecule has 0 aromatic carbocycles. The number of hydrogen-bond acceptors (Lipinski definition) is 4. The predicted octanol–water partition coefficient (Wildman–Crippen LogP) is 2.69. The number of hydrogen-bond donors (Lipinski definition) is 1. The highest BCUT2D eigenvalue weighted by Crippen LogP contribution is 2.13. The Morgan fingerprint density at radius 2 is 2.44 bits per heavy atom.